The number of nitrogens with zero attached hydrogens (tertiary/aromatic N) is 3. The molecular formula is C15H15ClN3O+. The smallest absolute Gasteiger partial charge is 0.297 e. The number of carbonyl (C=O) groups excluding carboxylic acids is 1. The number of rotatable bonds is 4. The Kier molecular flexibility index (Phi) is 3.40. The quantitative estimate of drug-likeness (QED) is 0.811. The highest BCUT2D eigenvalue weighted by molar-refractivity contribution is 6.30. The maximum atomic E-state index is 12.0. The summed E-state index contributed by atoms with van der Waals surface area (Å²) in [5, 5.41) is 0.446. The lowest BCUT2D eigenvalue weighted by atomic mass is 10.2. The lowest BCUT2D eigenvalue weighted by Crippen LogP contribution is -2.16. The first-order chi connectivity index (χ1) is 9.69. The molecule has 2 aromatic heterocycles. The molecule has 0 unspecified atom stereocenters. The molecule has 1 aliphatic heterocycles. The number of allylic oxidation sites excluding steroid dienone is 1. The van der Waals surface area contributed by atoms with Crippen LogP contribution in [0.3, 0.4) is 0 Å². The van der Waals surface area contributed by atoms with Crippen molar-refractivity contribution in [3.8, 4) is 0 Å². The molecule has 0 bridgehead atoms. The largest absolute Gasteiger partial charge is 0.413 e. The summed E-state index contributed by atoms with van der Waals surface area (Å²) in [7, 11) is 0. The molecule has 3 rings (SSSR count). The number of hydrogen-bond acceptors (Lipinski definition) is 2. The number of aromatic nitrogens is 2. The Morgan fingerprint density at radius 2 is 2.25 bits per heavy atom. The number of halogens is 1. The summed E-state index contributed by atoms with van der Waals surface area (Å²) in [6, 6.07) is 5.73. The summed E-state index contributed by atoms with van der Waals surface area (Å²) in [5.74, 6) is 0.00963. The molecule has 102 valence electrons. The normalized spacial score (nSPS) is 14.8. The highest BCUT2D eigenvalue weighted by Crippen LogP contribution is 2.19. The van der Waals surface area contributed by atoms with Crippen molar-refractivity contribution in [3.63, 3.8) is 0 Å². The Hall–Kier alpha value is -1.94. The molecule has 4 nitrogen and oxygen atoms in total. The average molecular weight is 289 g/mol. The van der Waals surface area contributed by atoms with E-state index in [1.54, 1.807) is 10.7 Å². The van der Waals surface area contributed by atoms with E-state index in [0.29, 0.717) is 11.7 Å². The SMILES string of the molecule is CCCC1=CC(=O)[N+](Cc2c(Cl)nc3ccccn23)=C1. The number of amides is 1. The van der Waals surface area contributed by atoms with E-state index in [1.165, 1.54) is 0 Å². The molecule has 5 heteroatoms. The molecule has 0 aliphatic carbocycles. The van der Waals surface area contributed by atoms with Crippen molar-refractivity contribution in [3.05, 3.63) is 46.9 Å². The fraction of sp³-hybridized carbons (Fsp3) is 0.267. The highest BCUT2D eigenvalue weighted by atomic mass is 35.5. The van der Waals surface area contributed by atoms with Crippen LogP contribution in [0.15, 0.2) is 36.0 Å². The van der Waals surface area contributed by atoms with Crippen molar-refractivity contribution in [2.75, 3.05) is 0 Å². The minimum atomic E-state index is 0.00963. The summed E-state index contributed by atoms with van der Waals surface area (Å²) in [5.41, 5.74) is 2.70. The number of fused-ring (bicyclic) bond motifs is 1. The minimum Gasteiger partial charge on any atom is -0.297 e. The molecule has 20 heavy (non-hydrogen) atoms. The molecular weight excluding hydrogens is 274 g/mol. The second-order valence-electron chi connectivity index (χ2n) is 4.84. The summed E-state index contributed by atoms with van der Waals surface area (Å²) in [6.07, 6.45) is 7.46. The van der Waals surface area contributed by atoms with Crippen molar-refractivity contribution in [1.82, 2.24) is 9.38 Å². The predicted molar refractivity (Wildman–Crippen MR) is 78.2 cm³/mol. The average Bonchev–Trinajstić information content (AvgIpc) is 2.92. The van der Waals surface area contributed by atoms with Gasteiger partial charge in [-0.1, -0.05) is 31.0 Å². The van der Waals surface area contributed by atoms with Crippen molar-refractivity contribution in [2.45, 2.75) is 26.3 Å². The zero-order valence-corrected chi connectivity index (χ0v) is 12.0. The lowest BCUT2D eigenvalue weighted by Gasteiger charge is -1.98. The van der Waals surface area contributed by atoms with E-state index in [-0.39, 0.29) is 5.91 Å². The van der Waals surface area contributed by atoms with Crippen molar-refractivity contribution in [1.29, 1.82) is 0 Å². The first-order valence-corrected chi connectivity index (χ1v) is 7.04. The Labute approximate surface area is 122 Å². The van der Waals surface area contributed by atoms with Crippen LogP contribution in [-0.2, 0) is 11.3 Å². The lowest BCUT2D eigenvalue weighted by molar-refractivity contribution is -0.453. The molecule has 3 heterocycles. The van der Waals surface area contributed by atoms with Gasteiger partial charge in [0.1, 0.15) is 11.3 Å². The standard InChI is InChI=1S/C15H15ClN3O/c1-2-5-11-8-14(20)18(9-11)10-12-15(16)17-13-6-3-4-7-19(12)13/h3-4,6-9H,2,5,10H2,1H3/q+1. The fourth-order valence-corrected chi connectivity index (χ4v) is 2.65. The van der Waals surface area contributed by atoms with Gasteiger partial charge in [-0.05, 0) is 18.6 Å². The Morgan fingerprint density at radius 1 is 1.40 bits per heavy atom. The van der Waals surface area contributed by atoms with Gasteiger partial charge in [0.15, 0.2) is 17.9 Å². The van der Waals surface area contributed by atoms with Gasteiger partial charge in [-0.15, -0.1) is 0 Å². The predicted octanol–water partition coefficient (Wildman–Crippen LogP) is 2.84. The fourth-order valence-electron chi connectivity index (χ4n) is 2.41. The maximum Gasteiger partial charge on any atom is 0.413 e. The molecule has 0 radical (unpaired) electrons. The number of pyridine rings is 1. The molecule has 0 aromatic carbocycles. The van der Waals surface area contributed by atoms with Gasteiger partial charge < -0.3 is 0 Å². The van der Waals surface area contributed by atoms with Crippen LogP contribution in [0.1, 0.15) is 25.5 Å². The van der Waals surface area contributed by atoms with Gasteiger partial charge in [0.05, 0.1) is 6.08 Å². The third kappa shape index (κ3) is 2.27. The van der Waals surface area contributed by atoms with Crippen LogP contribution < -0.4 is 0 Å². The van der Waals surface area contributed by atoms with Crippen LogP contribution in [-0.4, -0.2) is 26.1 Å². The first kappa shape index (κ1) is 13.1. The summed E-state index contributed by atoms with van der Waals surface area (Å²) in [4.78, 5) is 16.3. The van der Waals surface area contributed by atoms with Crippen LogP contribution in [0.25, 0.3) is 5.65 Å². The van der Waals surface area contributed by atoms with Gasteiger partial charge >= 0.3 is 5.91 Å². The van der Waals surface area contributed by atoms with Gasteiger partial charge in [-0.3, -0.25) is 4.40 Å². The third-order valence-corrected chi connectivity index (χ3v) is 3.66. The molecule has 1 aliphatic rings. The van der Waals surface area contributed by atoms with Gasteiger partial charge in [0.2, 0.25) is 0 Å². The summed E-state index contributed by atoms with van der Waals surface area (Å²) in [6.45, 7) is 2.54. The van der Waals surface area contributed by atoms with E-state index >= 15 is 0 Å². The molecule has 0 spiro atoms. The second-order valence-corrected chi connectivity index (χ2v) is 5.20. The Morgan fingerprint density at radius 3 is 3.05 bits per heavy atom. The molecule has 0 atom stereocenters. The molecule has 0 saturated carbocycles. The molecule has 0 N–H and O–H groups in total. The van der Waals surface area contributed by atoms with Crippen molar-refractivity contribution >= 4 is 29.4 Å². The Balaban J connectivity index is 1.93. The van der Waals surface area contributed by atoms with Crippen molar-refractivity contribution < 1.29 is 9.37 Å². The van der Waals surface area contributed by atoms with E-state index in [4.69, 9.17) is 11.6 Å². The van der Waals surface area contributed by atoms with Crippen LogP contribution in [0, 0.1) is 0 Å². The van der Waals surface area contributed by atoms with Crippen LogP contribution in [0.4, 0.5) is 0 Å². The highest BCUT2D eigenvalue weighted by Gasteiger charge is 2.26. The molecule has 2 aromatic rings. The number of hydrogen-bond donors (Lipinski definition) is 0. The van der Waals surface area contributed by atoms with Gasteiger partial charge in [-0.25, -0.2) is 9.78 Å². The first-order valence-electron chi connectivity index (χ1n) is 6.66. The monoisotopic (exact) mass is 288 g/mol. The molecule has 0 saturated heterocycles. The zero-order chi connectivity index (χ0) is 14.1. The van der Waals surface area contributed by atoms with E-state index in [1.807, 2.05) is 35.0 Å². The van der Waals surface area contributed by atoms with E-state index < -0.39 is 0 Å². The van der Waals surface area contributed by atoms with E-state index in [9.17, 15) is 4.79 Å². The topological polar surface area (TPSA) is 37.4 Å². The van der Waals surface area contributed by atoms with Crippen LogP contribution in [0.2, 0.25) is 5.15 Å². The van der Waals surface area contributed by atoms with Gasteiger partial charge in [-0.2, -0.15) is 4.58 Å². The summed E-state index contributed by atoms with van der Waals surface area (Å²) >= 11 is 6.19. The van der Waals surface area contributed by atoms with E-state index in [2.05, 4.69) is 11.9 Å². The Bertz CT molecular complexity index is 743. The minimum absolute atomic E-state index is 0.00963. The van der Waals surface area contributed by atoms with Crippen LogP contribution in [0.5, 0.6) is 0 Å². The third-order valence-electron chi connectivity index (χ3n) is 3.35. The number of carbonyl (C=O) groups is 1. The molecule has 1 amide bonds. The van der Waals surface area contributed by atoms with Crippen molar-refractivity contribution in [2.24, 2.45) is 0 Å². The van der Waals surface area contributed by atoms with Crippen LogP contribution >= 0.6 is 11.6 Å². The van der Waals surface area contributed by atoms with Gasteiger partial charge in [0, 0.05) is 11.8 Å². The van der Waals surface area contributed by atoms with E-state index in [0.717, 1.165) is 29.8 Å². The molecule has 0 fully saturated rings. The second kappa shape index (κ2) is 5.21. The zero-order valence-electron chi connectivity index (χ0n) is 11.2. The number of imidazole rings is 1. The van der Waals surface area contributed by atoms with Gasteiger partial charge in [0.25, 0.3) is 0 Å². The maximum absolute atomic E-state index is 12.0. The summed E-state index contributed by atoms with van der Waals surface area (Å²) < 4.78 is 3.61.